The van der Waals surface area contributed by atoms with Gasteiger partial charge >= 0.3 is 0 Å². The maximum absolute atomic E-state index is 2.69. The van der Waals surface area contributed by atoms with E-state index < -0.39 is 0 Å². The second-order valence-electron chi connectivity index (χ2n) is 20.3. The van der Waals surface area contributed by atoms with E-state index in [0.29, 0.717) is 0 Å². The zero-order valence-electron chi connectivity index (χ0n) is 35.4. The average Bonchev–Trinajstić information content (AvgIpc) is 3.41. The first-order chi connectivity index (χ1) is 26.5. The van der Waals surface area contributed by atoms with Crippen molar-refractivity contribution >= 4 is 17.1 Å². The summed E-state index contributed by atoms with van der Waals surface area (Å²) in [6.45, 7) is 24.6. The van der Waals surface area contributed by atoms with Crippen LogP contribution in [-0.4, -0.2) is 0 Å². The first-order valence-corrected chi connectivity index (χ1v) is 21.0. The average molecular weight is 734 g/mol. The third-order valence-corrected chi connectivity index (χ3v) is 14.4. The van der Waals surface area contributed by atoms with Crippen molar-refractivity contribution in [2.75, 3.05) is 4.90 Å². The van der Waals surface area contributed by atoms with Gasteiger partial charge in [-0.25, -0.2) is 0 Å². The van der Waals surface area contributed by atoms with Crippen molar-refractivity contribution in [3.63, 3.8) is 0 Å². The van der Waals surface area contributed by atoms with Gasteiger partial charge in [-0.15, -0.1) is 0 Å². The zero-order valence-corrected chi connectivity index (χ0v) is 35.4. The number of anilines is 3. The van der Waals surface area contributed by atoms with E-state index in [0.717, 1.165) is 12.8 Å². The molecule has 0 saturated carbocycles. The van der Waals surface area contributed by atoms with E-state index in [4.69, 9.17) is 0 Å². The highest BCUT2D eigenvalue weighted by molar-refractivity contribution is 5.99. The maximum atomic E-state index is 2.69. The molecule has 0 aromatic heterocycles. The number of rotatable bonds is 5. The van der Waals surface area contributed by atoms with Crippen LogP contribution in [0.2, 0.25) is 0 Å². The van der Waals surface area contributed by atoms with Gasteiger partial charge in [0.2, 0.25) is 0 Å². The fourth-order valence-corrected chi connectivity index (χ4v) is 10.9. The molecule has 0 saturated heterocycles. The molecule has 0 fully saturated rings. The molecule has 1 heteroatoms. The highest BCUT2D eigenvalue weighted by atomic mass is 15.2. The molecule has 56 heavy (non-hydrogen) atoms. The smallest absolute Gasteiger partial charge is 0.0580 e. The lowest BCUT2D eigenvalue weighted by Crippen LogP contribution is -2.36. The van der Waals surface area contributed by atoms with Crippen molar-refractivity contribution in [2.45, 2.75) is 122 Å². The number of nitrogens with zero attached hydrogens (tertiary/aromatic N) is 1. The normalized spacial score (nSPS) is 19.0. The number of hydrogen-bond donors (Lipinski definition) is 0. The van der Waals surface area contributed by atoms with Crippen LogP contribution in [0.4, 0.5) is 17.1 Å². The van der Waals surface area contributed by atoms with E-state index in [1.165, 1.54) is 96.7 Å². The van der Waals surface area contributed by atoms with Gasteiger partial charge in [0.05, 0.1) is 11.4 Å². The standard InChI is InChI=1S/C55H59N/c1-51(2)30-32-53(5,6)48-40(25-19-27-44(48)51)42-34-41-39-24-17-18-26-43(39)55(9,10)46(41)35-47(42)56(37-22-15-12-16-23-37)50-38(36-20-13-11-14-21-36)28-29-45-49(50)54(7,8)33-31-52(45,3)4/h11-29,34-35H,30-33H2,1-10H3. The molecule has 3 aliphatic rings. The van der Waals surface area contributed by atoms with Crippen molar-refractivity contribution < 1.29 is 0 Å². The molecule has 1 nitrogen and oxygen atoms in total. The quantitative estimate of drug-likeness (QED) is 0.171. The fraction of sp³-hybridized carbons (Fsp3) is 0.345. The lowest BCUT2D eigenvalue weighted by Gasteiger charge is -2.46. The third kappa shape index (κ3) is 5.55. The summed E-state index contributed by atoms with van der Waals surface area (Å²) in [5.74, 6) is 0. The van der Waals surface area contributed by atoms with Crippen molar-refractivity contribution in [3.05, 3.63) is 161 Å². The highest BCUT2D eigenvalue weighted by Crippen LogP contribution is 2.59. The molecule has 0 unspecified atom stereocenters. The van der Waals surface area contributed by atoms with Crippen LogP contribution in [0.15, 0.2) is 127 Å². The first kappa shape index (κ1) is 36.7. The van der Waals surface area contributed by atoms with Gasteiger partial charge in [-0.05, 0) is 127 Å². The molecule has 0 atom stereocenters. The zero-order chi connectivity index (χ0) is 39.4. The fourth-order valence-electron chi connectivity index (χ4n) is 10.9. The largest absolute Gasteiger partial charge is 0.309 e. The Morgan fingerprint density at radius 1 is 0.375 bits per heavy atom. The number of para-hydroxylation sites is 1. The lowest BCUT2D eigenvalue weighted by atomic mass is 9.61. The lowest BCUT2D eigenvalue weighted by molar-refractivity contribution is 0.332. The maximum Gasteiger partial charge on any atom is 0.0580 e. The van der Waals surface area contributed by atoms with Gasteiger partial charge in [-0.2, -0.15) is 0 Å². The van der Waals surface area contributed by atoms with Gasteiger partial charge in [0, 0.05) is 22.2 Å². The summed E-state index contributed by atoms with van der Waals surface area (Å²) in [5.41, 5.74) is 20.4. The van der Waals surface area contributed by atoms with Crippen LogP contribution in [0, 0.1) is 0 Å². The minimum Gasteiger partial charge on any atom is -0.309 e. The Hall–Kier alpha value is -4.88. The van der Waals surface area contributed by atoms with E-state index in [2.05, 4.69) is 202 Å². The Kier molecular flexibility index (Phi) is 8.24. The van der Waals surface area contributed by atoms with Crippen LogP contribution in [0.25, 0.3) is 33.4 Å². The molecule has 0 N–H and O–H groups in total. The Labute approximate surface area is 336 Å². The summed E-state index contributed by atoms with van der Waals surface area (Å²) in [5, 5.41) is 0. The Morgan fingerprint density at radius 3 is 1.59 bits per heavy atom. The van der Waals surface area contributed by atoms with Crippen LogP contribution in [0.5, 0.6) is 0 Å². The van der Waals surface area contributed by atoms with Crippen LogP contribution < -0.4 is 4.90 Å². The van der Waals surface area contributed by atoms with E-state index in [9.17, 15) is 0 Å². The summed E-state index contributed by atoms with van der Waals surface area (Å²) >= 11 is 0. The second kappa shape index (κ2) is 12.6. The molecule has 0 spiro atoms. The third-order valence-electron chi connectivity index (χ3n) is 14.4. The molecule has 284 valence electrons. The molecule has 6 aromatic carbocycles. The molecule has 0 radical (unpaired) electrons. The van der Waals surface area contributed by atoms with E-state index in [1.807, 2.05) is 0 Å². The van der Waals surface area contributed by atoms with Crippen LogP contribution in [0.3, 0.4) is 0 Å². The summed E-state index contributed by atoms with van der Waals surface area (Å²) in [6.07, 6.45) is 4.65. The van der Waals surface area contributed by atoms with Gasteiger partial charge in [-0.3, -0.25) is 0 Å². The molecular weight excluding hydrogens is 675 g/mol. The van der Waals surface area contributed by atoms with Crippen molar-refractivity contribution in [2.24, 2.45) is 0 Å². The Morgan fingerprint density at radius 2 is 0.911 bits per heavy atom. The summed E-state index contributed by atoms with van der Waals surface area (Å²) in [6, 6.07) is 48.8. The van der Waals surface area contributed by atoms with Crippen LogP contribution in [-0.2, 0) is 27.1 Å². The summed E-state index contributed by atoms with van der Waals surface area (Å²) in [7, 11) is 0. The Balaban J connectivity index is 1.48. The molecule has 6 aromatic rings. The number of hydrogen-bond acceptors (Lipinski definition) is 1. The molecule has 0 bridgehead atoms. The minimum atomic E-state index is -0.154. The molecule has 0 aliphatic heterocycles. The number of benzene rings is 6. The molecule has 9 rings (SSSR count). The van der Waals surface area contributed by atoms with Gasteiger partial charge < -0.3 is 4.90 Å². The minimum absolute atomic E-state index is 0.0274. The van der Waals surface area contributed by atoms with Gasteiger partial charge in [0.15, 0.2) is 0 Å². The van der Waals surface area contributed by atoms with Crippen LogP contribution in [0.1, 0.15) is 128 Å². The van der Waals surface area contributed by atoms with Gasteiger partial charge in [-0.1, -0.05) is 172 Å². The monoisotopic (exact) mass is 733 g/mol. The molecule has 0 heterocycles. The van der Waals surface area contributed by atoms with E-state index in [1.54, 1.807) is 0 Å². The Bertz CT molecular complexity index is 2490. The van der Waals surface area contributed by atoms with Crippen molar-refractivity contribution in [1.82, 2.24) is 0 Å². The predicted molar refractivity (Wildman–Crippen MR) is 240 cm³/mol. The molecule has 3 aliphatic carbocycles. The number of fused-ring (bicyclic) bond motifs is 5. The summed E-state index contributed by atoms with van der Waals surface area (Å²) in [4.78, 5) is 2.69. The van der Waals surface area contributed by atoms with Crippen molar-refractivity contribution in [3.8, 4) is 33.4 Å². The van der Waals surface area contributed by atoms with E-state index >= 15 is 0 Å². The highest BCUT2D eigenvalue weighted by Gasteiger charge is 2.44. The van der Waals surface area contributed by atoms with E-state index in [-0.39, 0.29) is 27.1 Å². The first-order valence-electron chi connectivity index (χ1n) is 21.0. The predicted octanol–water partition coefficient (Wildman–Crippen LogP) is 15.5. The molecule has 0 amide bonds. The van der Waals surface area contributed by atoms with Gasteiger partial charge in [0.25, 0.3) is 0 Å². The second-order valence-corrected chi connectivity index (χ2v) is 20.3. The van der Waals surface area contributed by atoms with Crippen LogP contribution >= 0.6 is 0 Å². The topological polar surface area (TPSA) is 3.24 Å². The molecular formula is C55H59N. The SMILES string of the molecule is CC1(C)CCC(C)(C)c2c(-c3cc4c(cc3N(c3ccccc3)c3c(-c5ccccc5)ccc5c3C(C)(C)CCC5(C)C)C(C)(C)c3ccccc3-4)cccc21. The summed E-state index contributed by atoms with van der Waals surface area (Å²) < 4.78 is 0. The van der Waals surface area contributed by atoms with Gasteiger partial charge in [0.1, 0.15) is 0 Å². The van der Waals surface area contributed by atoms with Crippen molar-refractivity contribution in [1.29, 1.82) is 0 Å².